The number of hydrogen-bond acceptors (Lipinski definition) is 3. The molecule has 0 aliphatic carbocycles. The smallest absolute Gasteiger partial charge is 0.317 e. The highest BCUT2D eigenvalue weighted by Crippen LogP contribution is 2.11. The third-order valence-corrected chi connectivity index (χ3v) is 3.13. The highest BCUT2D eigenvalue weighted by Gasteiger charge is 2.20. The monoisotopic (exact) mass is 279 g/mol. The van der Waals surface area contributed by atoms with Crippen LogP contribution in [-0.2, 0) is 4.79 Å². The number of aliphatic carboxylic acids is 1. The minimum Gasteiger partial charge on any atom is -0.481 e. The van der Waals surface area contributed by atoms with Gasteiger partial charge in [0, 0.05) is 25.5 Å². The molecule has 0 radical (unpaired) electrons. The molecule has 0 aliphatic heterocycles. The van der Waals surface area contributed by atoms with Crippen LogP contribution in [0, 0.1) is 5.92 Å². The first-order valence-electron chi connectivity index (χ1n) is 6.63. The summed E-state index contributed by atoms with van der Waals surface area (Å²) in [5.74, 6) is -1.49. The van der Waals surface area contributed by atoms with E-state index in [4.69, 9.17) is 5.11 Å². The predicted molar refractivity (Wildman–Crippen MR) is 75.2 cm³/mol. The number of nitrogens with zero attached hydrogens (tertiary/aromatic N) is 2. The largest absolute Gasteiger partial charge is 0.481 e. The summed E-state index contributed by atoms with van der Waals surface area (Å²) in [5, 5.41) is 11.8. The van der Waals surface area contributed by atoms with E-state index in [0.29, 0.717) is 6.54 Å². The van der Waals surface area contributed by atoms with E-state index in [1.807, 2.05) is 26.0 Å². The summed E-state index contributed by atoms with van der Waals surface area (Å²) in [7, 11) is 0. The molecule has 20 heavy (non-hydrogen) atoms. The van der Waals surface area contributed by atoms with Gasteiger partial charge in [0.15, 0.2) is 0 Å². The summed E-state index contributed by atoms with van der Waals surface area (Å²) < 4.78 is 0. The maximum atomic E-state index is 12.1. The average Bonchev–Trinajstić information content (AvgIpc) is 2.44. The number of pyridine rings is 1. The minimum absolute atomic E-state index is 0.153. The molecule has 0 saturated heterocycles. The van der Waals surface area contributed by atoms with Gasteiger partial charge in [0.1, 0.15) is 0 Å². The maximum absolute atomic E-state index is 12.1. The van der Waals surface area contributed by atoms with Crippen molar-refractivity contribution in [2.45, 2.75) is 26.8 Å². The van der Waals surface area contributed by atoms with Crippen molar-refractivity contribution >= 4 is 12.0 Å². The van der Waals surface area contributed by atoms with Gasteiger partial charge in [-0.25, -0.2) is 4.79 Å². The van der Waals surface area contributed by atoms with Gasteiger partial charge in [0.05, 0.1) is 12.0 Å². The van der Waals surface area contributed by atoms with Gasteiger partial charge < -0.3 is 15.3 Å². The van der Waals surface area contributed by atoms with Crippen molar-refractivity contribution in [3.63, 3.8) is 0 Å². The molecule has 0 aromatic carbocycles. The minimum atomic E-state index is -0.904. The first-order chi connectivity index (χ1) is 9.45. The first kappa shape index (κ1) is 15.9. The second-order valence-electron chi connectivity index (χ2n) is 4.73. The molecule has 2 N–H and O–H groups in total. The Hall–Kier alpha value is -2.11. The van der Waals surface area contributed by atoms with E-state index in [1.165, 1.54) is 4.90 Å². The lowest BCUT2D eigenvalue weighted by atomic mass is 10.1. The van der Waals surface area contributed by atoms with Gasteiger partial charge in [-0.3, -0.25) is 9.78 Å². The van der Waals surface area contributed by atoms with Crippen LogP contribution in [0.5, 0.6) is 0 Å². The molecule has 0 fully saturated rings. The quantitative estimate of drug-likeness (QED) is 0.833. The topological polar surface area (TPSA) is 82.5 Å². The Bertz CT molecular complexity index is 450. The summed E-state index contributed by atoms with van der Waals surface area (Å²) in [4.78, 5) is 28.4. The molecule has 110 valence electrons. The van der Waals surface area contributed by atoms with Crippen LogP contribution in [0.3, 0.4) is 0 Å². The molecule has 6 heteroatoms. The Morgan fingerprint density at radius 2 is 1.95 bits per heavy atom. The van der Waals surface area contributed by atoms with Crippen LogP contribution >= 0.6 is 0 Å². The number of carboxylic acids is 1. The number of carbonyl (C=O) groups excluding carboxylic acids is 1. The normalized spacial score (nSPS) is 13.3. The van der Waals surface area contributed by atoms with E-state index in [-0.39, 0.29) is 18.6 Å². The van der Waals surface area contributed by atoms with Crippen molar-refractivity contribution in [1.82, 2.24) is 15.2 Å². The van der Waals surface area contributed by atoms with E-state index in [2.05, 4.69) is 10.3 Å². The van der Waals surface area contributed by atoms with Crippen molar-refractivity contribution in [2.24, 2.45) is 5.92 Å². The number of nitrogens with one attached hydrogen (secondary N) is 1. The number of aromatic nitrogens is 1. The molecular weight excluding hydrogens is 258 g/mol. The lowest BCUT2D eigenvalue weighted by Gasteiger charge is -2.25. The summed E-state index contributed by atoms with van der Waals surface area (Å²) >= 11 is 0. The standard InChI is InChI=1S/C14H21N3O3/c1-4-17(9-10(2)13(18)19)14(20)16-11(3)12-5-7-15-8-6-12/h5-8,10-11H,4,9H2,1-3H3,(H,16,20)(H,18,19). The van der Waals surface area contributed by atoms with Gasteiger partial charge in [-0.2, -0.15) is 0 Å². The van der Waals surface area contributed by atoms with Crippen LogP contribution in [0.2, 0.25) is 0 Å². The zero-order valence-electron chi connectivity index (χ0n) is 12.0. The zero-order chi connectivity index (χ0) is 15.1. The summed E-state index contributed by atoms with van der Waals surface area (Å²) in [6.07, 6.45) is 3.34. The van der Waals surface area contributed by atoms with Crippen LogP contribution in [-0.4, -0.2) is 40.1 Å². The highest BCUT2D eigenvalue weighted by atomic mass is 16.4. The summed E-state index contributed by atoms with van der Waals surface area (Å²) in [6, 6.07) is 3.26. The lowest BCUT2D eigenvalue weighted by Crippen LogP contribution is -2.44. The second kappa shape index (κ2) is 7.47. The van der Waals surface area contributed by atoms with Crippen LogP contribution in [0.1, 0.15) is 32.4 Å². The van der Waals surface area contributed by atoms with E-state index in [1.54, 1.807) is 19.3 Å². The fourth-order valence-corrected chi connectivity index (χ4v) is 1.78. The van der Waals surface area contributed by atoms with Crippen LogP contribution in [0.4, 0.5) is 4.79 Å². The van der Waals surface area contributed by atoms with Crippen LogP contribution in [0.15, 0.2) is 24.5 Å². The van der Waals surface area contributed by atoms with Crippen LogP contribution < -0.4 is 5.32 Å². The first-order valence-corrected chi connectivity index (χ1v) is 6.63. The Kier molecular flexibility index (Phi) is 5.96. The number of carboxylic acid groups (broad SMARTS) is 1. The summed E-state index contributed by atoms with van der Waals surface area (Å²) in [6.45, 7) is 5.95. The van der Waals surface area contributed by atoms with Crippen molar-refractivity contribution in [1.29, 1.82) is 0 Å². The van der Waals surface area contributed by atoms with Crippen molar-refractivity contribution in [2.75, 3.05) is 13.1 Å². The maximum Gasteiger partial charge on any atom is 0.317 e. The zero-order valence-corrected chi connectivity index (χ0v) is 12.0. The molecule has 1 rings (SSSR count). The van der Waals surface area contributed by atoms with Crippen molar-refractivity contribution in [3.8, 4) is 0 Å². The third kappa shape index (κ3) is 4.53. The number of amides is 2. The van der Waals surface area contributed by atoms with E-state index in [9.17, 15) is 9.59 Å². The number of carbonyl (C=O) groups is 2. The Morgan fingerprint density at radius 3 is 2.45 bits per heavy atom. The van der Waals surface area contributed by atoms with Crippen molar-refractivity contribution < 1.29 is 14.7 Å². The van der Waals surface area contributed by atoms with Gasteiger partial charge in [0.2, 0.25) is 0 Å². The molecule has 1 aromatic heterocycles. The predicted octanol–water partition coefficient (Wildman–Crippen LogP) is 1.89. The average molecular weight is 279 g/mol. The van der Waals surface area contributed by atoms with Crippen LogP contribution in [0.25, 0.3) is 0 Å². The van der Waals surface area contributed by atoms with Gasteiger partial charge >= 0.3 is 12.0 Å². The third-order valence-electron chi connectivity index (χ3n) is 3.13. The molecule has 0 aliphatic rings. The van der Waals surface area contributed by atoms with Gasteiger partial charge in [-0.15, -0.1) is 0 Å². The van der Waals surface area contributed by atoms with Gasteiger partial charge in [-0.1, -0.05) is 6.92 Å². The SMILES string of the molecule is CCN(CC(C)C(=O)O)C(=O)NC(C)c1ccncc1. The molecule has 6 nitrogen and oxygen atoms in total. The van der Waals surface area contributed by atoms with Gasteiger partial charge in [0.25, 0.3) is 0 Å². The van der Waals surface area contributed by atoms with E-state index < -0.39 is 11.9 Å². The Labute approximate surface area is 118 Å². The molecule has 0 saturated carbocycles. The molecule has 2 atom stereocenters. The second-order valence-corrected chi connectivity index (χ2v) is 4.73. The molecule has 0 spiro atoms. The Morgan fingerprint density at radius 1 is 1.35 bits per heavy atom. The van der Waals surface area contributed by atoms with Gasteiger partial charge in [-0.05, 0) is 31.5 Å². The van der Waals surface area contributed by atoms with E-state index >= 15 is 0 Å². The molecule has 1 aromatic rings. The molecule has 1 heterocycles. The van der Waals surface area contributed by atoms with E-state index in [0.717, 1.165) is 5.56 Å². The number of hydrogen-bond donors (Lipinski definition) is 2. The fraction of sp³-hybridized carbons (Fsp3) is 0.500. The fourth-order valence-electron chi connectivity index (χ4n) is 1.78. The molecule has 2 unspecified atom stereocenters. The Balaban J connectivity index is 2.61. The summed E-state index contributed by atoms with van der Waals surface area (Å²) in [5.41, 5.74) is 0.954. The number of urea groups is 1. The highest BCUT2D eigenvalue weighted by molar-refractivity contribution is 5.76. The molecule has 0 bridgehead atoms. The molecular formula is C14H21N3O3. The van der Waals surface area contributed by atoms with Crippen molar-refractivity contribution in [3.05, 3.63) is 30.1 Å². The lowest BCUT2D eigenvalue weighted by molar-refractivity contribution is -0.141. The molecule has 2 amide bonds. The number of rotatable bonds is 6.